The topological polar surface area (TPSA) is 56.7 Å². The van der Waals surface area contributed by atoms with Crippen LogP contribution in [0, 0.1) is 0 Å². The van der Waals surface area contributed by atoms with E-state index in [1.165, 1.54) is 6.20 Å². The van der Waals surface area contributed by atoms with Gasteiger partial charge in [0.1, 0.15) is 5.15 Å². The Morgan fingerprint density at radius 2 is 2.06 bits per heavy atom. The molecule has 0 atom stereocenters. The minimum absolute atomic E-state index is 0.0113. The lowest BCUT2D eigenvalue weighted by atomic mass is 10.2. The fraction of sp³-hybridized carbons (Fsp3) is 0.500. The molecule has 0 spiro atoms. The number of β-amino-alcohol motifs (C(OH)–C–C–N with tert-alkyl or cyclic N) is 1. The molecule has 6 heteroatoms. The zero-order chi connectivity index (χ0) is 13.0. The van der Waals surface area contributed by atoms with Crippen LogP contribution in [0.3, 0.4) is 0 Å². The molecule has 0 aliphatic carbocycles. The van der Waals surface area contributed by atoms with E-state index in [-0.39, 0.29) is 12.5 Å². The molecular weight excluding hydrogens is 254 g/mol. The van der Waals surface area contributed by atoms with Gasteiger partial charge in [0.2, 0.25) is 0 Å². The molecule has 0 aromatic carbocycles. The summed E-state index contributed by atoms with van der Waals surface area (Å²) in [4.78, 5) is 20.0. The number of aliphatic hydroxyl groups is 1. The number of pyridine rings is 1. The summed E-state index contributed by atoms with van der Waals surface area (Å²) in [6.07, 6.45) is 1.50. The van der Waals surface area contributed by atoms with Crippen LogP contribution in [0.1, 0.15) is 10.4 Å². The Morgan fingerprint density at radius 1 is 1.33 bits per heavy atom. The van der Waals surface area contributed by atoms with Crippen molar-refractivity contribution in [3.05, 3.63) is 29.0 Å². The van der Waals surface area contributed by atoms with Gasteiger partial charge in [0.25, 0.3) is 5.91 Å². The van der Waals surface area contributed by atoms with Crippen molar-refractivity contribution in [2.75, 3.05) is 39.3 Å². The normalized spacial score (nSPS) is 16.9. The second kappa shape index (κ2) is 6.13. The first-order chi connectivity index (χ1) is 8.70. The zero-order valence-corrected chi connectivity index (χ0v) is 10.8. The molecule has 2 rings (SSSR count). The highest BCUT2D eigenvalue weighted by molar-refractivity contribution is 6.29. The van der Waals surface area contributed by atoms with E-state index in [2.05, 4.69) is 9.88 Å². The van der Waals surface area contributed by atoms with Crippen molar-refractivity contribution in [2.45, 2.75) is 0 Å². The third kappa shape index (κ3) is 3.19. The number of piperazine rings is 1. The monoisotopic (exact) mass is 269 g/mol. The molecule has 5 nitrogen and oxygen atoms in total. The maximum Gasteiger partial charge on any atom is 0.255 e. The number of nitrogens with zero attached hydrogens (tertiary/aromatic N) is 3. The average Bonchev–Trinajstić information content (AvgIpc) is 2.40. The van der Waals surface area contributed by atoms with Crippen LogP contribution in [0.25, 0.3) is 0 Å². The number of aliphatic hydroxyl groups excluding tert-OH is 1. The number of hydrogen-bond acceptors (Lipinski definition) is 4. The smallest absolute Gasteiger partial charge is 0.255 e. The van der Waals surface area contributed by atoms with Crippen molar-refractivity contribution in [3.63, 3.8) is 0 Å². The molecule has 0 unspecified atom stereocenters. The number of aromatic nitrogens is 1. The quantitative estimate of drug-likeness (QED) is 0.812. The Labute approximate surface area is 111 Å². The fourth-order valence-corrected chi connectivity index (χ4v) is 2.11. The van der Waals surface area contributed by atoms with Gasteiger partial charge in [0.05, 0.1) is 12.2 Å². The molecule has 2 heterocycles. The summed E-state index contributed by atoms with van der Waals surface area (Å²) in [7, 11) is 0. The predicted molar refractivity (Wildman–Crippen MR) is 68.7 cm³/mol. The second-order valence-electron chi connectivity index (χ2n) is 4.23. The predicted octanol–water partition coefficient (Wildman–Crippen LogP) is 0.485. The summed E-state index contributed by atoms with van der Waals surface area (Å²) in [6.45, 7) is 3.79. The minimum Gasteiger partial charge on any atom is -0.395 e. The van der Waals surface area contributed by atoms with Crippen LogP contribution in [0.5, 0.6) is 0 Å². The fourth-order valence-electron chi connectivity index (χ4n) is 2.00. The van der Waals surface area contributed by atoms with Crippen molar-refractivity contribution < 1.29 is 9.90 Å². The van der Waals surface area contributed by atoms with Crippen molar-refractivity contribution >= 4 is 17.5 Å². The van der Waals surface area contributed by atoms with E-state index in [4.69, 9.17) is 16.7 Å². The molecule has 1 saturated heterocycles. The van der Waals surface area contributed by atoms with Gasteiger partial charge in [-0.25, -0.2) is 4.98 Å². The van der Waals surface area contributed by atoms with Gasteiger partial charge in [0, 0.05) is 38.9 Å². The molecule has 98 valence electrons. The Morgan fingerprint density at radius 3 is 2.61 bits per heavy atom. The molecule has 0 bridgehead atoms. The van der Waals surface area contributed by atoms with E-state index < -0.39 is 0 Å². The van der Waals surface area contributed by atoms with Gasteiger partial charge in [-0.05, 0) is 12.1 Å². The lowest BCUT2D eigenvalue weighted by Gasteiger charge is -2.34. The van der Waals surface area contributed by atoms with E-state index in [0.717, 1.165) is 13.1 Å². The Hall–Kier alpha value is -1.17. The first kappa shape index (κ1) is 13.3. The van der Waals surface area contributed by atoms with Crippen molar-refractivity contribution in [1.82, 2.24) is 14.8 Å². The van der Waals surface area contributed by atoms with E-state index in [9.17, 15) is 4.79 Å². The molecule has 1 aliphatic heterocycles. The highest BCUT2D eigenvalue weighted by Crippen LogP contribution is 2.10. The third-order valence-corrected chi connectivity index (χ3v) is 3.27. The van der Waals surface area contributed by atoms with Crippen molar-refractivity contribution in [1.29, 1.82) is 0 Å². The molecule has 18 heavy (non-hydrogen) atoms. The van der Waals surface area contributed by atoms with Gasteiger partial charge in [-0.3, -0.25) is 9.69 Å². The van der Waals surface area contributed by atoms with Crippen LogP contribution in [0.15, 0.2) is 18.3 Å². The Kier molecular flexibility index (Phi) is 4.52. The van der Waals surface area contributed by atoms with Gasteiger partial charge >= 0.3 is 0 Å². The van der Waals surface area contributed by atoms with Crippen LogP contribution >= 0.6 is 11.6 Å². The van der Waals surface area contributed by atoms with Crippen molar-refractivity contribution in [2.24, 2.45) is 0 Å². The molecule has 1 fully saturated rings. The van der Waals surface area contributed by atoms with Gasteiger partial charge in [-0.1, -0.05) is 11.6 Å². The van der Waals surface area contributed by atoms with E-state index in [0.29, 0.717) is 30.4 Å². The number of carbonyl (C=O) groups excluding carboxylic acids is 1. The summed E-state index contributed by atoms with van der Waals surface area (Å²) in [5, 5.41) is 9.24. The van der Waals surface area contributed by atoms with E-state index >= 15 is 0 Å². The summed E-state index contributed by atoms with van der Waals surface area (Å²) in [5.74, 6) is -0.0113. The highest BCUT2D eigenvalue weighted by Gasteiger charge is 2.21. The summed E-state index contributed by atoms with van der Waals surface area (Å²) >= 11 is 5.69. The number of amides is 1. The second-order valence-corrected chi connectivity index (χ2v) is 4.61. The first-order valence-electron chi connectivity index (χ1n) is 5.95. The number of rotatable bonds is 3. The lowest BCUT2D eigenvalue weighted by Crippen LogP contribution is -2.49. The van der Waals surface area contributed by atoms with Gasteiger partial charge in [0.15, 0.2) is 0 Å². The molecule has 0 radical (unpaired) electrons. The highest BCUT2D eigenvalue weighted by atomic mass is 35.5. The summed E-state index contributed by atoms with van der Waals surface area (Å²) in [6, 6.07) is 3.31. The zero-order valence-electron chi connectivity index (χ0n) is 10.0. The van der Waals surface area contributed by atoms with Gasteiger partial charge in [-0.15, -0.1) is 0 Å². The molecule has 1 amide bonds. The number of hydrogen-bond donors (Lipinski definition) is 1. The van der Waals surface area contributed by atoms with Crippen molar-refractivity contribution in [3.8, 4) is 0 Å². The Balaban J connectivity index is 1.93. The van der Waals surface area contributed by atoms with Gasteiger partial charge in [-0.2, -0.15) is 0 Å². The standard InChI is InChI=1S/C12H16ClN3O2/c13-11-2-1-10(9-14-11)12(18)16-5-3-15(4-6-16)7-8-17/h1-2,9,17H,3-8H2. The van der Waals surface area contributed by atoms with Crippen LogP contribution in [0.4, 0.5) is 0 Å². The number of halogens is 1. The first-order valence-corrected chi connectivity index (χ1v) is 6.32. The largest absolute Gasteiger partial charge is 0.395 e. The molecule has 1 aromatic heterocycles. The van der Waals surface area contributed by atoms with Crippen LogP contribution in [0.2, 0.25) is 5.15 Å². The molecule has 1 aliphatic rings. The SMILES string of the molecule is O=C(c1ccc(Cl)nc1)N1CCN(CCO)CC1. The molecule has 1 aromatic rings. The lowest BCUT2D eigenvalue weighted by molar-refractivity contribution is 0.0614. The summed E-state index contributed by atoms with van der Waals surface area (Å²) < 4.78 is 0. The van der Waals surface area contributed by atoms with E-state index in [1.54, 1.807) is 17.0 Å². The number of carbonyl (C=O) groups is 1. The van der Waals surface area contributed by atoms with E-state index in [1.807, 2.05) is 0 Å². The van der Waals surface area contributed by atoms with Crippen LogP contribution in [-0.4, -0.2) is 65.1 Å². The third-order valence-electron chi connectivity index (χ3n) is 3.05. The minimum atomic E-state index is -0.0113. The molecule has 1 N–H and O–H groups in total. The Bertz CT molecular complexity index is 402. The maximum absolute atomic E-state index is 12.2. The molecular formula is C12H16ClN3O2. The van der Waals surface area contributed by atoms with Gasteiger partial charge < -0.3 is 10.0 Å². The molecule has 0 saturated carbocycles. The average molecular weight is 270 g/mol. The summed E-state index contributed by atoms with van der Waals surface area (Å²) in [5.41, 5.74) is 0.565. The van der Waals surface area contributed by atoms with Crippen LogP contribution < -0.4 is 0 Å². The van der Waals surface area contributed by atoms with Crippen LogP contribution in [-0.2, 0) is 0 Å². The maximum atomic E-state index is 12.2.